The van der Waals surface area contributed by atoms with E-state index in [0.717, 1.165) is 24.1 Å². The van der Waals surface area contributed by atoms with Gasteiger partial charge in [0.05, 0.1) is 0 Å². The van der Waals surface area contributed by atoms with Gasteiger partial charge < -0.3 is 15.0 Å². The van der Waals surface area contributed by atoms with Gasteiger partial charge in [-0.15, -0.1) is 0 Å². The van der Waals surface area contributed by atoms with Crippen molar-refractivity contribution < 1.29 is 14.3 Å². The summed E-state index contributed by atoms with van der Waals surface area (Å²) in [6.45, 7) is 2.23. The van der Waals surface area contributed by atoms with Crippen LogP contribution in [0.25, 0.3) is 0 Å². The van der Waals surface area contributed by atoms with Crippen LogP contribution in [0.4, 0.5) is 11.4 Å². The van der Waals surface area contributed by atoms with Crippen LogP contribution in [-0.2, 0) is 20.7 Å². The molecule has 0 aliphatic carbocycles. The molecule has 0 bridgehead atoms. The number of benzene rings is 1. The maximum absolute atomic E-state index is 12.0. The van der Waals surface area contributed by atoms with Crippen LogP contribution in [0.1, 0.15) is 18.9 Å². The molecule has 0 aromatic heterocycles. The summed E-state index contributed by atoms with van der Waals surface area (Å²) in [6, 6.07) is 5.68. The predicted octanol–water partition coefficient (Wildman–Crippen LogP) is 1.57. The fourth-order valence-electron chi connectivity index (χ4n) is 2.32. The summed E-state index contributed by atoms with van der Waals surface area (Å²) in [4.78, 5) is 24.8. The summed E-state index contributed by atoms with van der Waals surface area (Å²) >= 11 is 0. The number of hydrogen-bond donors (Lipinski definition) is 1. The van der Waals surface area contributed by atoms with Crippen LogP contribution in [0.5, 0.6) is 0 Å². The van der Waals surface area contributed by atoms with Crippen molar-refractivity contribution >= 4 is 23.2 Å². The third-order valence-electron chi connectivity index (χ3n) is 3.09. The summed E-state index contributed by atoms with van der Waals surface area (Å²) in [7, 11) is 1.51. The maximum Gasteiger partial charge on any atom is 0.252 e. The topological polar surface area (TPSA) is 58.6 Å². The van der Waals surface area contributed by atoms with E-state index in [9.17, 15) is 9.59 Å². The first-order valence-corrected chi connectivity index (χ1v) is 6.31. The van der Waals surface area contributed by atoms with Gasteiger partial charge in [-0.25, -0.2) is 0 Å². The second-order valence-electron chi connectivity index (χ2n) is 4.61. The highest BCUT2D eigenvalue weighted by atomic mass is 16.5. The van der Waals surface area contributed by atoms with Crippen molar-refractivity contribution in [1.82, 2.24) is 0 Å². The number of nitrogens with one attached hydrogen (secondary N) is 1. The molecule has 1 aliphatic rings. The van der Waals surface area contributed by atoms with Gasteiger partial charge >= 0.3 is 0 Å². The van der Waals surface area contributed by atoms with E-state index in [2.05, 4.69) is 5.32 Å². The maximum atomic E-state index is 12.0. The number of carbonyl (C=O) groups is 2. The van der Waals surface area contributed by atoms with E-state index in [1.54, 1.807) is 4.90 Å². The normalized spacial score (nSPS) is 13.9. The van der Waals surface area contributed by atoms with Gasteiger partial charge in [-0.2, -0.15) is 0 Å². The van der Waals surface area contributed by atoms with Crippen molar-refractivity contribution in [2.75, 3.05) is 30.5 Å². The molecule has 1 aliphatic heterocycles. The first-order chi connectivity index (χ1) is 9.11. The van der Waals surface area contributed by atoms with Crippen molar-refractivity contribution in [3.8, 4) is 0 Å². The van der Waals surface area contributed by atoms with Crippen molar-refractivity contribution in [1.29, 1.82) is 0 Å². The van der Waals surface area contributed by atoms with Crippen molar-refractivity contribution in [2.24, 2.45) is 0 Å². The molecule has 2 rings (SSSR count). The molecule has 1 heterocycles. The van der Waals surface area contributed by atoms with Gasteiger partial charge in [-0.3, -0.25) is 9.59 Å². The largest absolute Gasteiger partial charge is 0.375 e. The Labute approximate surface area is 112 Å². The van der Waals surface area contributed by atoms with Crippen molar-refractivity contribution in [3.05, 3.63) is 23.8 Å². The number of carbonyl (C=O) groups excluding carboxylic acids is 2. The lowest BCUT2D eigenvalue weighted by atomic mass is 10.0. The molecule has 2 amide bonds. The average molecular weight is 262 g/mol. The van der Waals surface area contributed by atoms with Gasteiger partial charge in [-0.05, 0) is 30.5 Å². The number of methoxy groups -OCH3 is 1. The van der Waals surface area contributed by atoms with Gasteiger partial charge in [0.15, 0.2) is 0 Å². The lowest BCUT2D eigenvalue weighted by Gasteiger charge is -2.29. The van der Waals surface area contributed by atoms with Crippen LogP contribution in [-0.4, -0.2) is 32.1 Å². The van der Waals surface area contributed by atoms with Gasteiger partial charge in [0.2, 0.25) is 5.91 Å². The Bertz CT molecular complexity index is 499. The summed E-state index contributed by atoms with van der Waals surface area (Å²) in [5, 5.41) is 2.74. The van der Waals surface area contributed by atoms with E-state index < -0.39 is 0 Å². The van der Waals surface area contributed by atoms with E-state index in [0.29, 0.717) is 12.2 Å². The second kappa shape index (κ2) is 5.84. The molecule has 0 saturated heterocycles. The first kappa shape index (κ1) is 13.5. The van der Waals surface area contributed by atoms with Gasteiger partial charge in [0.1, 0.15) is 6.61 Å². The molecule has 0 radical (unpaired) electrons. The zero-order valence-electron chi connectivity index (χ0n) is 11.2. The van der Waals surface area contributed by atoms with Gasteiger partial charge in [0, 0.05) is 32.0 Å². The quantitative estimate of drug-likeness (QED) is 0.899. The number of rotatable bonds is 3. The van der Waals surface area contributed by atoms with Crippen molar-refractivity contribution in [2.45, 2.75) is 19.8 Å². The zero-order chi connectivity index (χ0) is 13.8. The lowest BCUT2D eigenvalue weighted by Crippen LogP contribution is -2.37. The molecule has 5 heteroatoms. The molecular formula is C14H18N2O3. The van der Waals surface area contributed by atoms with Crippen molar-refractivity contribution in [3.63, 3.8) is 0 Å². The molecule has 0 unspecified atom stereocenters. The third-order valence-corrected chi connectivity index (χ3v) is 3.09. The molecule has 0 fully saturated rings. The standard InChI is InChI=1S/C14H18N2O3/c1-10(17)15-12-6-5-11-4-3-7-16(13(11)8-12)14(18)9-19-2/h5-6,8H,3-4,7,9H2,1-2H3,(H,15,17). The van der Waals surface area contributed by atoms with Crippen LogP contribution in [0.3, 0.4) is 0 Å². The molecule has 1 aromatic rings. The molecule has 19 heavy (non-hydrogen) atoms. The molecule has 0 saturated carbocycles. The highest BCUT2D eigenvalue weighted by Crippen LogP contribution is 2.30. The second-order valence-corrected chi connectivity index (χ2v) is 4.61. The van der Waals surface area contributed by atoms with Crippen LogP contribution in [0, 0.1) is 0 Å². The smallest absolute Gasteiger partial charge is 0.252 e. The van der Waals surface area contributed by atoms with Crippen LogP contribution >= 0.6 is 0 Å². The fourth-order valence-corrected chi connectivity index (χ4v) is 2.32. The highest BCUT2D eigenvalue weighted by Gasteiger charge is 2.22. The number of hydrogen-bond acceptors (Lipinski definition) is 3. The number of anilines is 2. The molecule has 5 nitrogen and oxygen atoms in total. The van der Waals surface area contributed by atoms with Crippen LogP contribution in [0.15, 0.2) is 18.2 Å². The minimum absolute atomic E-state index is 0.0524. The molecule has 0 atom stereocenters. The Kier molecular flexibility index (Phi) is 4.16. The minimum Gasteiger partial charge on any atom is -0.375 e. The van der Waals surface area contributed by atoms with E-state index in [1.807, 2.05) is 18.2 Å². The third kappa shape index (κ3) is 3.12. The summed E-state index contributed by atoms with van der Waals surface area (Å²) in [5.74, 6) is -0.172. The van der Waals surface area contributed by atoms with Gasteiger partial charge in [0.25, 0.3) is 5.91 Å². The number of nitrogens with zero attached hydrogens (tertiary/aromatic N) is 1. The zero-order valence-corrected chi connectivity index (χ0v) is 11.2. The molecule has 1 N–H and O–H groups in total. The van der Waals surface area contributed by atoms with Crippen LogP contribution in [0.2, 0.25) is 0 Å². The number of ether oxygens (including phenoxy) is 1. The van der Waals surface area contributed by atoms with Crippen LogP contribution < -0.4 is 10.2 Å². The molecule has 102 valence electrons. The Balaban J connectivity index is 2.29. The Morgan fingerprint density at radius 3 is 2.89 bits per heavy atom. The van der Waals surface area contributed by atoms with E-state index in [1.165, 1.54) is 14.0 Å². The van der Waals surface area contributed by atoms with E-state index in [4.69, 9.17) is 4.74 Å². The minimum atomic E-state index is -0.120. The highest BCUT2D eigenvalue weighted by molar-refractivity contribution is 5.97. The Hall–Kier alpha value is -1.88. The molecular weight excluding hydrogens is 244 g/mol. The summed E-state index contributed by atoms with van der Waals surface area (Å²) < 4.78 is 4.91. The van der Waals surface area contributed by atoms with Gasteiger partial charge in [-0.1, -0.05) is 6.07 Å². The van der Waals surface area contributed by atoms with E-state index in [-0.39, 0.29) is 18.4 Å². The monoisotopic (exact) mass is 262 g/mol. The summed E-state index contributed by atoms with van der Waals surface area (Å²) in [6.07, 6.45) is 1.90. The first-order valence-electron chi connectivity index (χ1n) is 6.31. The number of fused-ring (bicyclic) bond motifs is 1. The van der Waals surface area contributed by atoms with E-state index >= 15 is 0 Å². The predicted molar refractivity (Wildman–Crippen MR) is 73.3 cm³/mol. The Morgan fingerprint density at radius 2 is 2.21 bits per heavy atom. The summed E-state index contributed by atoms with van der Waals surface area (Å²) in [5.41, 5.74) is 2.72. The molecule has 1 aromatic carbocycles. The Morgan fingerprint density at radius 1 is 1.42 bits per heavy atom. The average Bonchev–Trinajstić information content (AvgIpc) is 2.37. The molecule has 0 spiro atoms. The lowest BCUT2D eigenvalue weighted by molar-refractivity contribution is -0.122. The fraction of sp³-hybridized carbons (Fsp3) is 0.429. The number of aryl methyl sites for hydroxylation is 1. The number of amides is 2. The SMILES string of the molecule is COCC(=O)N1CCCc2ccc(NC(C)=O)cc21.